The number of piperazine rings is 1. The van der Waals surface area contributed by atoms with Crippen molar-refractivity contribution in [2.45, 2.75) is 202 Å². The van der Waals surface area contributed by atoms with Gasteiger partial charge in [0.2, 0.25) is 0 Å². The Morgan fingerprint density at radius 1 is 0.340 bits per heavy atom. The Hall–Kier alpha value is -0.200. The number of nitrogens with zero attached hydrogens (tertiary/aromatic N) is 3. The molecule has 0 aromatic carbocycles. The molecule has 21 atom stereocenters. The molecule has 5 nitrogen and oxygen atoms in total. The van der Waals surface area contributed by atoms with Crippen LogP contribution in [-0.2, 0) is 9.47 Å². The lowest BCUT2D eigenvalue weighted by Gasteiger charge is -2.69. The van der Waals surface area contributed by atoms with Gasteiger partial charge < -0.3 is 9.47 Å². The van der Waals surface area contributed by atoms with Gasteiger partial charge in [-0.25, -0.2) is 10.0 Å². The van der Waals surface area contributed by atoms with E-state index in [9.17, 15) is 0 Å². The molecule has 13 rings (SSSR count). The van der Waals surface area contributed by atoms with E-state index >= 15 is 0 Å². The first-order valence-electron chi connectivity index (χ1n) is 22.0. The summed E-state index contributed by atoms with van der Waals surface area (Å²) in [5.74, 6) is 8.79. The third-order valence-electron chi connectivity index (χ3n) is 19.2. The fourth-order valence-electron chi connectivity index (χ4n) is 18.3. The van der Waals surface area contributed by atoms with Crippen molar-refractivity contribution in [2.75, 3.05) is 0 Å². The predicted molar refractivity (Wildman–Crippen MR) is 181 cm³/mol. The lowest BCUT2D eigenvalue weighted by molar-refractivity contribution is -0.282. The van der Waals surface area contributed by atoms with Gasteiger partial charge in [0.05, 0.1) is 24.4 Å². The van der Waals surface area contributed by atoms with Gasteiger partial charge in [0, 0.05) is 54.1 Å². The first-order valence-corrected chi connectivity index (χ1v) is 22.0. The molecule has 47 heavy (non-hydrogen) atoms. The largest absolute Gasteiger partial charge is 0.374 e. The molecule has 0 bridgehead atoms. The maximum Gasteiger partial charge on any atom is 0.0658 e. The number of hydrazine groups is 1. The third kappa shape index (κ3) is 3.53. The summed E-state index contributed by atoms with van der Waals surface area (Å²) >= 11 is 0. The molecule has 5 heteroatoms. The normalized spacial score (nSPS) is 63.4. The van der Waals surface area contributed by atoms with Crippen molar-refractivity contribution >= 4 is 0 Å². The molecule has 0 radical (unpaired) electrons. The van der Waals surface area contributed by atoms with Gasteiger partial charge in [-0.15, -0.1) is 0 Å². The smallest absolute Gasteiger partial charge is 0.0658 e. The van der Waals surface area contributed by atoms with Gasteiger partial charge in [-0.2, -0.15) is 0 Å². The summed E-state index contributed by atoms with van der Waals surface area (Å²) in [6.45, 7) is 0. The minimum absolute atomic E-state index is 0.577. The van der Waals surface area contributed by atoms with Crippen molar-refractivity contribution in [1.82, 2.24) is 14.9 Å². The van der Waals surface area contributed by atoms with E-state index in [0.29, 0.717) is 24.4 Å². The minimum Gasteiger partial charge on any atom is -0.374 e. The summed E-state index contributed by atoms with van der Waals surface area (Å²) < 4.78 is 14.8. The van der Waals surface area contributed by atoms with E-state index in [2.05, 4.69) is 14.9 Å². The number of fused-ring (bicyclic) bond motifs is 18. The number of rotatable bonds is 0. The van der Waals surface area contributed by atoms with Gasteiger partial charge in [-0.05, 0) is 124 Å². The molecule has 0 aromatic rings. The summed E-state index contributed by atoms with van der Waals surface area (Å²) in [6, 6.07) is 5.60. The fraction of sp³-hybridized carbons (Fsp3) is 1.00. The molecule has 13 aliphatic rings. The van der Waals surface area contributed by atoms with Crippen LogP contribution < -0.4 is 0 Å². The Kier molecular flexibility index (Phi) is 6.18. The van der Waals surface area contributed by atoms with E-state index in [1.807, 2.05) is 0 Å². The summed E-state index contributed by atoms with van der Waals surface area (Å²) in [7, 11) is 0. The second kappa shape index (κ2) is 10.2. The Balaban J connectivity index is 0.968. The van der Waals surface area contributed by atoms with Crippen molar-refractivity contribution in [3.63, 3.8) is 0 Å². The first-order chi connectivity index (χ1) is 23.3. The summed E-state index contributed by atoms with van der Waals surface area (Å²) in [4.78, 5) is 3.38. The number of ether oxygens (including phenoxy) is 2. The van der Waals surface area contributed by atoms with E-state index in [4.69, 9.17) is 9.47 Å². The van der Waals surface area contributed by atoms with Crippen molar-refractivity contribution in [1.29, 1.82) is 0 Å². The van der Waals surface area contributed by atoms with E-state index in [0.717, 1.165) is 101 Å². The van der Waals surface area contributed by atoms with Crippen LogP contribution in [0.5, 0.6) is 0 Å². The predicted octanol–water partition coefficient (Wildman–Crippen LogP) is 7.43. The van der Waals surface area contributed by atoms with E-state index in [1.165, 1.54) is 135 Å². The van der Waals surface area contributed by atoms with Gasteiger partial charge in [0.25, 0.3) is 0 Å². The SMILES string of the molecule is C1CCC2C(C1)OC1C2CC2C3C1C1CCCCC1N3C1CCCC3C4CC5C6CCCCC6OC5C5C6CCCCC6N(C45)N2C31. The summed E-state index contributed by atoms with van der Waals surface area (Å²) in [5, 5.41) is 6.73. The maximum atomic E-state index is 7.40. The Morgan fingerprint density at radius 3 is 1.62 bits per heavy atom. The highest BCUT2D eigenvalue weighted by Gasteiger charge is 2.74. The molecule has 6 aliphatic heterocycles. The zero-order valence-corrected chi connectivity index (χ0v) is 29.1. The Labute approximate surface area is 284 Å². The van der Waals surface area contributed by atoms with Crippen LogP contribution in [0.15, 0.2) is 0 Å². The zero-order valence-electron chi connectivity index (χ0n) is 29.1. The molecule has 7 saturated carbocycles. The Morgan fingerprint density at radius 2 is 0.872 bits per heavy atom. The highest BCUT2D eigenvalue weighted by molar-refractivity contribution is 5.25. The molecule has 0 N–H and O–H groups in total. The fourth-order valence-corrected chi connectivity index (χ4v) is 18.3. The van der Waals surface area contributed by atoms with Crippen molar-refractivity contribution in [2.24, 2.45) is 59.2 Å². The van der Waals surface area contributed by atoms with Crippen molar-refractivity contribution in [3.8, 4) is 0 Å². The van der Waals surface area contributed by atoms with Crippen LogP contribution in [0.1, 0.15) is 135 Å². The third-order valence-corrected chi connectivity index (χ3v) is 19.2. The van der Waals surface area contributed by atoms with Crippen LogP contribution in [0.2, 0.25) is 0 Å². The van der Waals surface area contributed by atoms with Crippen LogP contribution in [-0.4, -0.2) is 81.6 Å². The maximum absolute atomic E-state index is 7.40. The molecule has 6 heterocycles. The van der Waals surface area contributed by atoms with Gasteiger partial charge in [-0.3, -0.25) is 4.90 Å². The van der Waals surface area contributed by atoms with E-state index in [-0.39, 0.29) is 0 Å². The average Bonchev–Trinajstić information content (AvgIpc) is 3.87. The summed E-state index contributed by atoms with van der Waals surface area (Å²) in [6.07, 6.45) is 33.2. The standard InChI is InChI=1S/C42H63N3O2/c1-5-15-30-25(12-1)37-40-33(21-29-23-11-4-8-19-35(23)47-42(29)37)45-38-24(14-9-17-32(38)43(30)40)27-20-28-22-10-3-7-18-34(22)46-41(28)36-26-13-2-6-16-31(26)44(45)39(27)36/h22-42H,1-21H2. The monoisotopic (exact) mass is 641 g/mol. The molecule has 7 aliphatic carbocycles. The number of hydrogen-bond donors (Lipinski definition) is 0. The molecule has 0 spiro atoms. The van der Waals surface area contributed by atoms with Crippen molar-refractivity contribution in [3.05, 3.63) is 0 Å². The van der Waals surface area contributed by atoms with Gasteiger partial charge in [0.15, 0.2) is 0 Å². The quantitative estimate of drug-likeness (QED) is 0.275. The topological polar surface area (TPSA) is 28.2 Å². The lowest BCUT2D eigenvalue weighted by atomic mass is 9.55. The molecule has 258 valence electrons. The zero-order chi connectivity index (χ0) is 30.1. The van der Waals surface area contributed by atoms with Crippen LogP contribution in [0.3, 0.4) is 0 Å². The molecule has 21 unspecified atom stereocenters. The molecule has 6 saturated heterocycles. The molecular formula is C42H63N3O2. The van der Waals surface area contributed by atoms with Crippen LogP contribution in [0.25, 0.3) is 0 Å². The molecule has 13 fully saturated rings. The second-order valence-electron chi connectivity index (χ2n) is 20.2. The number of hydrogen-bond acceptors (Lipinski definition) is 5. The van der Waals surface area contributed by atoms with Crippen LogP contribution >= 0.6 is 0 Å². The van der Waals surface area contributed by atoms with Gasteiger partial charge in [0.1, 0.15) is 0 Å². The Bertz CT molecular complexity index is 1280. The van der Waals surface area contributed by atoms with Crippen LogP contribution in [0, 0.1) is 59.2 Å². The van der Waals surface area contributed by atoms with Crippen molar-refractivity contribution < 1.29 is 9.47 Å². The summed E-state index contributed by atoms with van der Waals surface area (Å²) in [5.41, 5.74) is 0. The average molecular weight is 642 g/mol. The van der Waals surface area contributed by atoms with Crippen LogP contribution in [0.4, 0.5) is 0 Å². The molecular weight excluding hydrogens is 578 g/mol. The molecule has 0 aromatic heterocycles. The van der Waals surface area contributed by atoms with E-state index in [1.54, 1.807) is 0 Å². The first kappa shape index (κ1) is 28.4. The van der Waals surface area contributed by atoms with Gasteiger partial charge >= 0.3 is 0 Å². The highest BCUT2D eigenvalue weighted by Crippen LogP contribution is 2.68. The molecule has 0 amide bonds. The van der Waals surface area contributed by atoms with E-state index < -0.39 is 0 Å². The minimum atomic E-state index is 0.577. The second-order valence-corrected chi connectivity index (χ2v) is 20.2. The lowest BCUT2D eigenvalue weighted by Crippen LogP contribution is -2.81. The highest BCUT2D eigenvalue weighted by atomic mass is 16.5. The van der Waals surface area contributed by atoms with Gasteiger partial charge in [-0.1, -0.05) is 57.8 Å².